The lowest BCUT2D eigenvalue weighted by molar-refractivity contribution is -0.162. The van der Waals surface area contributed by atoms with Gasteiger partial charge in [0.05, 0.1) is 13.7 Å². The number of rotatable bonds is 3. The van der Waals surface area contributed by atoms with Crippen LogP contribution in [-0.4, -0.2) is 37.3 Å². The molecule has 0 fully saturated rings. The second-order valence-electron chi connectivity index (χ2n) is 4.98. The molecule has 0 unspecified atom stereocenters. The molecule has 2 heterocycles. The molecule has 1 amide bonds. The molecule has 2 atom stereocenters. The van der Waals surface area contributed by atoms with Crippen LogP contribution in [0.25, 0.3) is 0 Å². The molecular formula is C15H14N2O6. The average molecular weight is 318 g/mol. The van der Waals surface area contributed by atoms with Gasteiger partial charge in [0.15, 0.2) is 11.6 Å². The summed E-state index contributed by atoms with van der Waals surface area (Å²) in [5.41, 5.74) is -1.14. The first-order valence-corrected chi connectivity index (χ1v) is 6.98. The Hall–Kier alpha value is -2.90. The number of amides is 1. The van der Waals surface area contributed by atoms with E-state index in [2.05, 4.69) is 15.2 Å². The number of methoxy groups -OCH3 is 1. The third-order valence-corrected chi connectivity index (χ3v) is 3.80. The summed E-state index contributed by atoms with van der Waals surface area (Å²) in [5.74, 6) is -3.55. The fourth-order valence-corrected chi connectivity index (χ4v) is 2.81. The molecule has 8 heteroatoms. The molecule has 1 spiro atoms. The predicted octanol–water partition coefficient (Wildman–Crippen LogP) is 0.572. The van der Waals surface area contributed by atoms with E-state index in [1.807, 2.05) is 0 Å². The second kappa shape index (κ2) is 5.38. The maximum absolute atomic E-state index is 12.6. The normalized spacial score (nSPS) is 24.5. The number of ether oxygens (including phenoxy) is 2. The molecule has 120 valence electrons. The number of para-hydroxylation sites is 1. The van der Waals surface area contributed by atoms with Crippen molar-refractivity contribution < 1.29 is 28.7 Å². The Morgan fingerprint density at radius 1 is 1.39 bits per heavy atom. The van der Waals surface area contributed by atoms with Crippen LogP contribution < -0.4 is 5.32 Å². The van der Waals surface area contributed by atoms with E-state index in [4.69, 9.17) is 9.57 Å². The maximum atomic E-state index is 12.6. The zero-order chi connectivity index (χ0) is 16.6. The van der Waals surface area contributed by atoms with Crippen LogP contribution in [0.4, 0.5) is 5.69 Å². The first-order chi connectivity index (χ1) is 11.1. The third kappa shape index (κ3) is 1.98. The number of hydrogen-bond acceptors (Lipinski definition) is 7. The van der Waals surface area contributed by atoms with Gasteiger partial charge in [0.2, 0.25) is 0 Å². The molecule has 0 bridgehead atoms. The summed E-state index contributed by atoms with van der Waals surface area (Å²) in [7, 11) is 1.15. The molecule has 0 saturated heterocycles. The zero-order valence-corrected chi connectivity index (χ0v) is 12.5. The van der Waals surface area contributed by atoms with E-state index in [1.165, 1.54) is 0 Å². The van der Waals surface area contributed by atoms with E-state index in [-0.39, 0.29) is 12.3 Å². The van der Waals surface area contributed by atoms with Gasteiger partial charge in [0.1, 0.15) is 0 Å². The van der Waals surface area contributed by atoms with Crippen molar-refractivity contribution in [3.63, 3.8) is 0 Å². The number of esters is 2. The van der Waals surface area contributed by atoms with Gasteiger partial charge in [-0.05, 0) is 13.0 Å². The fourth-order valence-electron chi connectivity index (χ4n) is 2.81. The van der Waals surface area contributed by atoms with E-state index >= 15 is 0 Å². The SMILES string of the molecule is CCOC(=O)[C@@H]1C(C(=O)OC)=NO[C@@]12C(=O)Nc1ccccc12. The molecule has 2 aliphatic heterocycles. The number of fused-ring (bicyclic) bond motifs is 2. The monoisotopic (exact) mass is 318 g/mol. The summed E-state index contributed by atoms with van der Waals surface area (Å²) in [5, 5.41) is 6.29. The Labute approximate surface area is 131 Å². The lowest BCUT2D eigenvalue weighted by Gasteiger charge is -2.25. The molecule has 2 aliphatic rings. The van der Waals surface area contributed by atoms with Crippen molar-refractivity contribution in [3.05, 3.63) is 29.8 Å². The van der Waals surface area contributed by atoms with Gasteiger partial charge in [-0.1, -0.05) is 23.4 Å². The van der Waals surface area contributed by atoms with Gasteiger partial charge in [-0.2, -0.15) is 0 Å². The minimum absolute atomic E-state index is 0.0864. The molecule has 3 rings (SSSR count). The van der Waals surface area contributed by atoms with E-state index < -0.39 is 29.4 Å². The van der Waals surface area contributed by atoms with Crippen molar-refractivity contribution in [2.24, 2.45) is 11.1 Å². The van der Waals surface area contributed by atoms with Crippen LogP contribution in [0.1, 0.15) is 12.5 Å². The topological polar surface area (TPSA) is 103 Å². The second-order valence-corrected chi connectivity index (χ2v) is 4.98. The lowest BCUT2D eigenvalue weighted by Crippen LogP contribution is -2.48. The molecule has 1 aromatic carbocycles. The number of nitrogens with one attached hydrogen (secondary N) is 1. The van der Waals surface area contributed by atoms with Gasteiger partial charge >= 0.3 is 11.9 Å². The largest absolute Gasteiger partial charge is 0.465 e. The van der Waals surface area contributed by atoms with Crippen LogP contribution in [0.3, 0.4) is 0 Å². The molecule has 0 saturated carbocycles. The fraction of sp³-hybridized carbons (Fsp3) is 0.333. The molecule has 1 N–H and O–H groups in total. The van der Waals surface area contributed by atoms with E-state index in [0.29, 0.717) is 11.3 Å². The summed E-state index contributed by atoms with van der Waals surface area (Å²) in [4.78, 5) is 42.2. The van der Waals surface area contributed by atoms with Gasteiger partial charge in [0, 0.05) is 11.3 Å². The minimum atomic E-state index is -1.76. The maximum Gasteiger partial charge on any atom is 0.356 e. The molecule has 1 aromatic rings. The van der Waals surface area contributed by atoms with Crippen LogP contribution in [-0.2, 0) is 34.3 Å². The lowest BCUT2D eigenvalue weighted by atomic mass is 9.79. The van der Waals surface area contributed by atoms with Gasteiger partial charge in [0.25, 0.3) is 11.5 Å². The molecule has 0 radical (unpaired) electrons. The molecule has 23 heavy (non-hydrogen) atoms. The van der Waals surface area contributed by atoms with Gasteiger partial charge in [-0.25, -0.2) is 4.79 Å². The van der Waals surface area contributed by atoms with Crippen molar-refractivity contribution in [2.75, 3.05) is 19.0 Å². The number of carbonyl (C=O) groups is 3. The highest BCUT2D eigenvalue weighted by atomic mass is 16.7. The summed E-state index contributed by atoms with van der Waals surface area (Å²) in [6, 6.07) is 6.73. The Morgan fingerprint density at radius 2 is 2.13 bits per heavy atom. The van der Waals surface area contributed by atoms with Crippen molar-refractivity contribution >= 4 is 29.2 Å². The highest BCUT2D eigenvalue weighted by molar-refractivity contribution is 6.42. The molecule has 0 aliphatic carbocycles. The van der Waals surface area contributed by atoms with E-state index in [9.17, 15) is 14.4 Å². The minimum Gasteiger partial charge on any atom is -0.465 e. The van der Waals surface area contributed by atoms with Crippen molar-refractivity contribution in [2.45, 2.75) is 12.5 Å². The Balaban J connectivity index is 2.14. The number of carbonyl (C=O) groups excluding carboxylic acids is 3. The first-order valence-electron chi connectivity index (χ1n) is 6.98. The molecular weight excluding hydrogens is 304 g/mol. The third-order valence-electron chi connectivity index (χ3n) is 3.80. The number of oxime groups is 1. The Morgan fingerprint density at radius 3 is 2.83 bits per heavy atom. The smallest absolute Gasteiger partial charge is 0.356 e. The zero-order valence-electron chi connectivity index (χ0n) is 12.5. The van der Waals surface area contributed by atoms with Gasteiger partial charge < -0.3 is 19.6 Å². The average Bonchev–Trinajstić information content (AvgIpc) is 3.08. The molecule has 0 aromatic heterocycles. The quantitative estimate of drug-likeness (QED) is 0.817. The summed E-state index contributed by atoms with van der Waals surface area (Å²) < 4.78 is 9.64. The van der Waals surface area contributed by atoms with Crippen molar-refractivity contribution in [1.29, 1.82) is 0 Å². The van der Waals surface area contributed by atoms with Crippen LogP contribution in [0.15, 0.2) is 29.4 Å². The summed E-state index contributed by atoms with van der Waals surface area (Å²) >= 11 is 0. The van der Waals surface area contributed by atoms with Crippen molar-refractivity contribution in [1.82, 2.24) is 0 Å². The Bertz CT molecular complexity index is 728. The first kappa shape index (κ1) is 15.0. The molecule has 8 nitrogen and oxygen atoms in total. The highest BCUT2D eigenvalue weighted by Crippen LogP contribution is 2.48. The Kier molecular flexibility index (Phi) is 3.51. The van der Waals surface area contributed by atoms with Gasteiger partial charge in [-0.15, -0.1) is 0 Å². The number of nitrogens with zero attached hydrogens (tertiary/aromatic N) is 1. The van der Waals surface area contributed by atoms with E-state index in [1.54, 1.807) is 31.2 Å². The predicted molar refractivity (Wildman–Crippen MR) is 77.4 cm³/mol. The number of hydrogen-bond donors (Lipinski definition) is 1. The summed E-state index contributed by atoms with van der Waals surface area (Å²) in [6.07, 6.45) is 0. The van der Waals surface area contributed by atoms with Gasteiger partial charge in [-0.3, -0.25) is 9.59 Å². The van der Waals surface area contributed by atoms with Crippen LogP contribution in [0.5, 0.6) is 0 Å². The van der Waals surface area contributed by atoms with Crippen LogP contribution in [0, 0.1) is 5.92 Å². The number of anilines is 1. The van der Waals surface area contributed by atoms with Crippen LogP contribution in [0.2, 0.25) is 0 Å². The van der Waals surface area contributed by atoms with Crippen LogP contribution >= 0.6 is 0 Å². The number of benzene rings is 1. The standard InChI is InChI=1S/C15H14N2O6/c1-3-22-12(18)10-11(13(19)21-2)17-23-15(10)8-6-4-5-7-9(8)16-14(15)20/h4-7,10H,3H2,1-2H3,(H,16,20)/t10-,15+/m0/s1. The summed E-state index contributed by atoms with van der Waals surface area (Å²) in [6.45, 7) is 1.71. The van der Waals surface area contributed by atoms with Crippen molar-refractivity contribution in [3.8, 4) is 0 Å². The van der Waals surface area contributed by atoms with E-state index in [0.717, 1.165) is 7.11 Å². The highest BCUT2D eigenvalue weighted by Gasteiger charge is 2.65.